The van der Waals surface area contributed by atoms with Crippen LogP contribution in [0.1, 0.15) is 6.17 Å². The molecule has 1 N–H and O–H groups in total. The molecule has 0 aromatic carbocycles. The van der Waals surface area contributed by atoms with Crippen LogP contribution in [0.25, 0.3) is 0 Å². The van der Waals surface area contributed by atoms with E-state index in [1.807, 2.05) is 41.4 Å². The second kappa shape index (κ2) is 2.62. The second-order valence-electron chi connectivity index (χ2n) is 2.34. The lowest BCUT2D eigenvalue weighted by Crippen LogP contribution is -2.21. The Bertz CT molecular complexity index is 272. The van der Waals surface area contributed by atoms with Crippen molar-refractivity contribution in [3.63, 3.8) is 0 Å². The molecule has 0 spiro atoms. The van der Waals surface area contributed by atoms with E-state index in [1.54, 1.807) is 6.20 Å². The van der Waals surface area contributed by atoms with Crippen molar-refractivity contribution in [2.24, 2.45) is 0 Å². The molecule has 1 aromatic rings. The SMILES string of the molecule is C1=CNC(n2cccn2)C=C1. The third kappa shape index (κ3) is 1.17. The molecule has 3 heteroatoms. The summed E-state index contributed by atoms with van der Waals surface area (Å²) in [6, 6.07) is 1.91. The molecule has 0 saturated heterocycles. The number of nitrogens with one attached hydrogen (secondary N) is 1. The van der Waals surface area contributed by atoms with Gasteiger partial charge in [0.25, 0.3) is 0 Å². The number of hydrogen-bond donors (Lipinski definition) is 1. The van der Waals surface area contributed by atoms with Gasteiger partial charge >= 0.3 is 0 Å². The normalized spacial score (nSPS) is 21.6. The van der Waals surface area contributed by atoms with E-state index in [0.29, 0.717) is 0 Å². The molecular formula is C8H9N3. The standard InChI is InChI=1S/C8H9N3/c1-2-5-9-8(4-1)11-7-3-6-10-11/h1-9H. The van der Waals surface area contributed by atoms with E-state index in [4.69, 9.17) is 0 Å². The van der Waals surface area contributed by atoms with Crippen LogP contribution >= 0.6 is 0 Å². The van der Waals surface area contributed by atoms with Gasteiger partial charge in [0.15, 0.2) is 0 Å². The van der Waals surface area contributed by atoms with Crippen molar-refractivity contribution < 1.29 is 0 Å². The Morgan fingerprint density at radius 2 is 2.36 bits per heavy atom. The molecule has 0 fully saturated rings. The van der Waals surface area contributed by atoms with E-state index in [0.717, 1.165) is 0 Å². The number of aromatic nitrogens is 2. The largest absolute Gasteiger partial charge is 0.367 e. The van der Waals surface area contributed by atoms with E-state index < -0.39 is 0 Å². The summed E-state index contributed by atoms with van der Waals surface area (Å²) >= 11 is 0. The van der Waals surface area contributed by atoms with Crippen LogP contribution < -0.4 is 5.32 Å². The molecule has 11 heavy (non-hydrogen) atoms. The molecule has 0 saturated carbocycles. The zero-order valence-electron chi connectivity index (χ0n) is 6.01. The first kappa shape index (κ1) is 6.22. The maximum Gasteiger partial charge on any atom is 0.139 e. The highest BCUT2D eigenvalue weighted by Gasteiger charge is 2.04. The predicted molar refractivity (Wildman–Crippen MR) is 42.7 cm³/mol. The molecule has 0 radical (unpaired) electrons. The molecule has 1 aliphatic heterocycles. The fourth-order valence-electron chi connectivity index (χ4n) is 1.04. The summed E-state index contributed by atoms with van der Waals surface area (Å²) in [5, 5.41) is 7.26. The van der Waals surface area contributed by atoms with Crippen LogP contribution in [0.3, 0.4) is 0 Å². The first-order valence-corrected chi connectivity index (χ1v) is 3.55. The highest BCUT2D eigenvalue weighted by Crippen LogP contribution is 2.05. The van der Waals surface area contributed by atoms with Crippen LogP contribution in [-0.4, -0.2) is 9.78 Å². The maximum absolute atomic E-state index is 4.11. The summed E-state index contributed by atoms with van der Waals surface area (Å²) in [5.74, 6) is 0. The van der Waals surface area contributed by atoms with Crippen molar-refractivity contribution in [1.82, 2.24) is 15.1 Å². The van der Waals surface area contributed by atoms with Crippen molar-refractivity contribution in [2.75, 3.05) is 0 Å². The summed E-state index contributed by atoms with van der Waals surface area (Å²) in [7, 11) is 0. The minimum absolute atomic E-state index is 0.176. The van der Waals surface area contributed by atoms with Gasteiger partial charge in [0.2, 0.25) is 0 Å². The van der Waals surface area contributed by atoms with Crippen LogP contribution in [0.4, 0.5) is 0 Å². The molecule has 0 amide bonds. The molecule has 0 bridgehead atoms. The van der Waals surface area contributed by atoms with Crippen LogP contribution in [-0.2, 0) is 0 Å². The summed E-state index contributed by atoms with van der Waals surface area (Å²) < 4.78 is 1.86. The van der Waals surface area contributed by atoms with Gasteiger partial charge in [-0.1, -0.05) is 6.08 Å². The molecule has 1 atom stereocenters. The Morgan fingerprint density at radius 1 is 1.36 bits per heavy atom. The van der Waals surface area contributed by atoms with Crippen molar-refractivity contribution in [3.8, 4) is 0 Å². The van der Waals surface area contributed by atoms with Crippen molar-refractivity contribution in [3.05, 3.63) is 42.9 Å². The Hall–Kier alpha value is -1.51. The Labute approximate surface area is 65.0 Å². The van der Waals surface area contributed by atoms with E-state index in [9.17, 15) is 0 Å². The van der Waals surface area contributed by atoms with E-state index in [-0.39, 0.29) is 6.17 Å². The molecule has 2 rings (SSSR count). The lowest BCUT2D eigenvalue weighted by atomic mass is 10.3. The summed E-state index contributed by atoms with van der Waals surface area (Å²) in [6.45, 7) is 0. The fraction of sp³-hybridized carbons (Fsp3) is 0.125. The second-order valence-corrected chi connectivity index (χ2v) is 2.34. The van der Waals surface area contributed by atoms with Crippen molar-refractivity contribution in [2.45, 2.75) is 6.17 Å². The molecule has 3 nitrogen and oxygen atoms in total. The van der Waals surface area contributed by atoms with Crippen LogP contribution in [0, 0.1) is 0 Å². The zero-order chi connectivity index (χ0) is 7.52. The topological polar surface area (TPSA) is 29.9 Å². The maximum atomic E-state index is 4.11. The quantitative estimate of drug-likeness (QED) is 0.643. The predicted octanol–water partition coefficient (Wildman–Crippen LogP) is 1.05. The summed E-state index contributed by atoms with van der Waals surface area (Å²) in [6.07, 6.45) is 11.8. The smallest absolute Gasteiger partial charge is 0.139 e. The Morgan fingerprint density at radius 3 is 3.00 bits per heavy atom. The lowest BCUT2D eigenvalue weighted by Gasteiger charge is -2.15. The van der Waals surface area contributed by atoms with E-state index in [2.05, 4.69) is 10.4 Å². The minimum Gasteiger partial charge on any atom is -0.367 e. The molecule has 1 aliphatic rings. The molecule has 1 aromatic heterocycles. The third-order valence-electron chi connectivity index (χ3n) is 1.58. The van der Waals surface area contributed by atoms with Crippen molar-refractivity contribution in [1.29, 1.82) is 0 Å². The Kier molecular flexibility index (Phi) is 1.48. The minimum atomic E-state index is 0.176. The van der Waals surface area contributed by atoms with Gasteiger partial charge in [-0.25, -0.2) is 4.68 Å². The van der Waals surface area contributed by atoms with Gasteiger partial charge in [-0.3, -0.25) is 0 Å². The number of dihydropyridines is 1. The van der Waals surface area contributed by atoms with E-state index >= 15 is 0 Å². The van der Waals surface area contributed by atoms with Gasteiger partial charge in [0.05, 0.1) is 0 Å². The summed E-state index contributed by atoms with van der Waals surface area (Å²) in [4.78, 5) is 0. The molecule has 1 unspecified atom stereocenters. The van der Waals surface area contributed by atoms with Crippen molar-refractivity contribution >= 4 is 0 Å². The first-order chi connectivity index (χ1) is 5.47. The number of nitrogens with zero attached hydrogens (tertiary/aromatic N) is 2. The number of allylic oxidation sites excluding steroid dienone is 2. The highest BCUT2D eigenvalue weighted by molar-refractivity contribution is 5.10. The fourth-order valence-corrected chi connectivity index (χ4v) is 1.04. The zero-order valence-corrected chi connectivity index (χ0v) is 6.01. The first-order valence-electron chi connectivity index (χ1n) is 3.55. The lowest BCUT2D eigenvalue weighted by molar-refractivity contribution is 0.491. The molecular weight excluding hydrogens is 138 g/mol. The van der Waals surface area contributed by atoms with Gasteiger partial charge in [-0.2, -0.15) is 5.10 Å². The molecule has 0 aliphatic carbocycles. The highest BCUT2D eigenvalue weighted by atomic mass is 15.3. The van der Waals surface area contributed by atoms with Gasteiger partial charge in [0, 0.05) is 12.4 Å². The third-order valence-corrected chi connectivity index (χ3v) is 1.58. The average Bonchev–Trinajstić information content (AvgIpc) is 2.58. The summed E-state index contributed by atoms with van der Waals surface area (Å²) in [5.41, 5.74) is 0. The van der Waals surface area contributed by atoms with Crippen LogP contribution in [0.5, 0.6) is 0 Å². The van der Waals surface area contributed by atoms with E-state index in [1.165, 1.54) is 0 Å². The molecule has 2 heterocycles. The van der Waals surface area contributed by atoms with Gasteiger partial charge < -0.3 is 5.32 Å². The molecule has 56 valence electrons. The van der Waals surface area contributed by atoms with Gasteiger partial charge in [-0.05, 0) is 24.4 Å². The van der Waals surface area contributed by atoms with Crippen LogP contribution in [0.15, 0.2) is 42.9 Å². The Balaban J connectivity index is 2.19. The van der Waals surface area contributed by atoms with Crippen LogP contribution in [0.2, 0.25) is 0 Å². The van der Waals surface area contributed by atoms with Gasteiger partial charge in [0.1, 0.15) is 6.17 Å². The number of rotatable bonds is 1. The average molecular weight is 147 g/mol. The number of hydrogen-bond acceptors (Lipinski definition) is 2. The van der Waals surface area contributed by atoms with Gasteiger partial charge in [-0.15, -0.1) is 0 Å². The monoisotopic (exact) mass is 147 g/mol.